The third-order valence-corrected chi connectivity index (χ3v) is 6.20. The fourth-order valence-electron chi connectivity index (χ4n) is 3.96. The summed E-state index contributed by atoms with van der Waals surface area (Å²) in [6.07, 6.45) is 5.83. The summed E-state index contributed by atoms with van der Waals surface area (Å²) in [6, 6.07) is 1.37. The minimum absolute atomic E-state index is 0.0198. The summed E-state index contributed by atoms with van der Waals surface area (Å²) in [4.78, 5) is 47.7. The Labute approximate surface area is 185 Å². The molecule has 0 atom stereocenters. The predicted octanol–water partition coefficient (Wildman–Crippen LogP) is 2.09. The number of primary amides is 1. The first-order valence-electron chi connectivity index (χ1n) is 11.2. The van der Waals surface area contributed by atoms with Crippen LogP contribution in [0.4, 0.5) is 10.7 Å². The van der Waals surface area contributed by atoms with Gasteiger partial charge in [0.1, 0.15) is 5.56 Å². The molecule has 172 valence electrons. The standard InChI is InChI=1S/C22H28N4O6/c1-3-30-21(29)26-11-6-15(7-12-26)25-32-20-23-18(28)17-14(5-4-8-22(2)9-10-22)13-16(27)31-19(17)24-20/h13H,3-12H2,1-2H3,(H,23,24,28)/p+1. The highest BCUT2D eigenvalue weighted by atomic mass is 16.6. The Kier molecular flexibility index (Phi) is 6.40. The van der Waals surface area contributed by atoms with Gasteiger partial charge in [-0.15, -0.1) is 4.99 Å². The number of hydrogen-bond donors (Lipinski definition) is 1. The van der Waals surface area contributed by atoms with E-state index in [2.05, 4.69) is 17.1 Å². The molecule has 2 N–H and O–H groups in total. The maximum Gasteiger partial charge on any atom is 0.433 e. The minimum Gasteiger partial charge on any atom is -0.450 e. The largest absolute Gasteiger partial charge is 0.450 e. The van der Waals surface area contributed by atoms with Crippen LogP contribution in [0.2, 0.25) is 0 Å². The lowest BCUT2D eigenvalue weighted by molar-refractivity contribution is -0.452. The highest BCUT2D eigenvalue weighted by molar-refractivity contribution is 5.99. The van der Waals surface area contributed by atoms with Crippen LogP contribution < -0.4 is 10.9 Å². The number of quaternary nitrogens is 1. The number of oxime groups is 1. The Morgan fingerprint density at radius 3 is 2.75 bits per heavy atom. The molecule has 1 aromatic heterocycles. The van der Waals surface area contributed by atoms with E-state index >= 15 is 0 Å². The van der Waals surface area contributed by atoms with Crippen molar-refractivity contribution < 1.29 is 28.9 Å². The third-order valence-electron chi connectivity index (χ3n) is 6.20. The molecule has 2 fully saturated rings. The molecule has 32 heavy (non-hydrogen) atoms. The molecule has 1 saturated carbocycles. The molecular weight excluding hydrogens is 416 g/mol. The van der Waals surface area contributed by atoms with E-state index in [0.717, 1.165) is 18.6 Å². The van der Waals surface area contributed by atoms with Crippen LogP contribution in [-0.2, 0) is 16.0 Å². The first-order valence-corrected chi connectivity index (χ1v) is 11.2. The molecule has 10 heteroatoms. The van der Waals surface area contributed by atoms with Crippen LogP contribution in [0.5, 0.6) is 0 Å². The number of aryl methyl sites for hydroxylation is 1. The maximum atomic E-state index is 12.7. The van der Waals surface area contributed by atoms with Gasteiger partial charge in [0, 0.05) is 32.0 Å². The quantitative estimate of drug-likeness (QED) is 0.668. The van der Waals surface area contributed by atoms with Crippen molar-refractivity contribution in [3.63, 3.8) is 0 Å². The number of fused-ring (bicyclic) bond motifs is 1. The Balaban J connectivity index is 1.41. The molecule has 2 amide bonds. The molecule has 0 unspecified atom stereocenters. The summed E-state index contributed by atoms with van der Waals surface area (Å²) in [7, 11) is 0. The maximum absolute atomic E-state index is 12.7. The molecule has 3 heterocycles. The smallest absolute Gasteiger partial charge is 0.433 e. The molecule has 3 aliphatic rings. The number of amidine groups is 1. The molecule has 4 rings (SSSR count). The zero-order chi connectivity index (χ0) is 22.7. The van der Waals surface area contributed by atoms with E-state index < -0.39 is 5.63 Å². The normalized spacial score (nSPS) is 19.2. The number of ether oxygens (including phenoxy) is 1. The van der Waals surface area contributed by atoms with Gasteiger partial charge in [0.05, 0.1) is 12.3 Å². The number of piperidine rings is 1. The van der Waals surface area contributed by atoms with Crippen molar-refractivity contribution in [3.8, 4) is 0 Å². The summed E-state index contributed by atoms with van der Waals surface area (Å²) in [5, 5.41) is 5.36. The van der Waals surface area contributed by atoms with E-state index in [0.29, 0.717) is 55.5 Å². The van der Waals surface area contributed by atoms with Crippen LogP contribution in [0.3, 0.4) is 0 Å². The fourth-order valence-corrected chi connectivity index (χ4v) is 3.96. The van der Waals surface area contributed by atoms with Crippen molar-refractivity contribution in [1.82, 2.24) is 4.90 Å². The van der Waals surface area contributed by atoms with E-state index in [1.165, 1.54) is 24.2 Å². The van der Waals surface area contributed by atoms with Crippen molar-refractivity contribution in [2.24, 2.45) is 15.6 Å². The van der Waals surface area contributed by atoms with E-state index in [4.69, 9.17) is 14.0 Å². The van der Waals surface area contributed by atoms with Crippen LogP contribution in [-0.4, -0.2) is 48.3 Å². The zero-order valence-electron chi connectivity index (χ0n) is 18.5. The van der Waals surface area contributed by atoms with Crippen LogP contribution in [0.25, 0.3) is 0 Å². The van der Waals surface area contributed by atoms with Crippen LogP contribution in [0, 0.1) is 5.41 Å². The van der Waals surface area contributed by atoms with E-state index in [1.807, 2.05) is 0 Å². The average molecular weight is 445 g/mol. The van der Waals surface area contributed by atoms with Crippen molar-refractivity contribution in [2.75, 3.05) is 19.7 Å². The van der Waals surface area contributed by atoms with Gasteiger partial charge in [0.2, 0.25) is 5.88 Å². The number of hydrogen-bond acceptors (Lipinski definition) is 8. The first kappa shape index (κ1) is 22.2. The molecule has 0 bridgehead atoms. The Morgan fingerprint density at radius 2 is 2.06 bits per heavy atom. The van der Waals surface area contributed by atoms with E-state index in [-0.39, 0.29) is 23.9 Å². The number of nitrogens with two attached hydrogens (primary N) is 1. The number of carbonyl (C=O) groups is 2. The number of aliphatic imine (C=N–C) groups is 1. The molecule has 1 aromatic rings. The molecule has 0 radical (unpaired) electrons. The van der Waals surface area contributed by atoms with Crippen molar-refractivity contribution >= 4 is 29.6 Å². The lowest BCUT2D eigenvalue weighted by Gasteiger charge is -2.26. The monoisotopic (exact) mass is 445 g/mol. The Hall–Kier alpha value is -3.01. The number of carbonyl (C=O) groups excluding carboxylic acids is 2. The van der Waals surface area contributed by atoms with Gasteiger partial charge in [0.25, 0.3) is 0 Å². The SMILES string of the molecule is CCOC(=O)N1CCC(=NOC2=Nc3oc(=O)cc(CCCC4(C)CC4)c3C(=O)[NH2+]2)CC1. The summed E-state index contributed by atoms with van der Waals surface area (Å²) < 4.78 is 10.2. The van der Waals surface area contributed by atoms with Gasteiger partial charge in [-0.25, -0.2) is 14.4 Å². The lowest BCUT2D eigenvalue weighted by Crippen LogP contribution is -2.92. The summed E-state index contributed by atoms with van der Waals surface area (Å²) in [5.74, 6) is -0.330. The molecule has 0 aromatic carbocycles. The summed E-state index contributed by atoms with van der Waals surface area (Å²) in [5.41, 5.74) is 1.63. The van der Waals surface area contributed by atoms with Crippen molar-refractivity contribution in [2.45, 2.75) is 58.8 Å². The van der Waals surface area contributed by atoms with Gasteiger partial charge in [-0.05, 0) is 50.0 Å². The minimum atomic E-state index is -0.535. The highest BCUT2D eigenvalue weighted by Gasteiger charge is 2.37. The second kappa shape index (κ2) is 9.23. The number of amides is 2. The summed E-state index contributed by atoms with van der Waals surface area (Å²) >= 11 is 0. The van der Waals surface area contributed by atoms with Gasteiger partial charge < -0.3 is 14.1 Å². The van der Waals surface area contributed by atoms with Gasteiger partial charge >= 0.3 is 23.6 Å². The predicted molar refractivity (Wildman–Crippen MR) is 115 cm³/mol. The van der Waals surface area contributed by atoms with Crippen molar-refractivity contribution in [3.05, 3.63) is 27.6 Å². The molecule has 10 nitrogen and oxygen atoms in total. The van der Waals surface area contributed by atoms with Crippen LogP contribution >= 0.6 is 0 Å². The van der Waals surface area contributed by atoms with Crippen LogP contribution in [0.15, 0.2) is 25.4 Å². The van der Waals surface area contributed by atoms with Crippen LogP contribution in [0.1, 0.15) is 68.3 Å². The summed E-state index contributed by atoms with van der Waals surface area (Å²) in [6.45, 7) is 5.33. The Bertz CT molecular complexity index is 1010. The zero-order valence-corrected chi connectivity index (χ0v) is 18.5. The fraction of sp³-hybridized carbons (Fsp3) is 0.591. The third kappa shape index (κ3) is 5.24. The lowest BCUT2D eigenvalue weighted by atomic mass is 9.97. The number of likely N-dealkylation sites (tertiary alicyclic amines) is 1. The van der Waals surface area contributed by atoms with Gasteiger partial charge in [-0.3, -0.25) is 4.84 Å². The Morgan fingerprint density at radius 1 is 1.31 bits per heavy atom. The molecule has 1 aliphatic carbocycles. The van der Waals surface area contributed by atoms with Gasteiger partial charge in [-0.1, -0.05) is 12.1 Å². The number of rotatable bonds is 6. The topological polar surface area (TPSA) is 127 Å². The van der Waals surface area contributed by atoms with Gasteiger partial charge in [0.15, 0.2) is 0 Å². The molecule has 1 saturated heterocycles. The average Bonchev–Trinajstić information content (AvgIpc) is 3.49. The second-order valence-electron chi connectivity index (χ2n) is 8.83. The number of nitrogens with zero attached hydrogens (tertiary/aromatic N) is 3. The molecular formula is C22H29N4O6+. The van der Waals surface area contributed by atoms with E-state index in [1.54, 1.807) is 11.8 Å². The van der Waals surface area contributed by atoms with Gasteiger partial charge in [-0.2, -0.15) is 5.32 Å². The second-order valence-corrected chi connectivity index (χ2v) is 8.83. The molecule has 0 spiro atoms. The van der Waals surface area contributed by atoms with Crippen molar-refractivity contribution in [1.29, 1.82) is 0 Å². The van der Waals surface area contributed by atoms with E-state index in [9.17, 15) is 14.4 Å². The highest BCUT2D eigenvalue weighted by Crippen LogP contribution is 2.49. The first-order chi connectivity index (χ1) is 15.4. The molecule has 2 aliphatic heterocycles.